The van der Waals surface area contributed by atoms with Gasteiger partial charge >= 0.3 is 0 Å². The molecule has 0 spiro atoms. The van der Waals surface area contributed by atoms with E-state index in [0.29, 0.717) is 0 Å². The lowest BCUT2D eigenvalue weighted by atomic mass is 10.1. The number of aliphatic carboxylic acids is 1. The minimum absolute atomic E-state index is 0.0509. The van der Waals surface area contributed by atoms with Crippen molar-refractivity contribution in [3.05, 3.63) is 0 Å². The van der Waals surface area contributed by atoms with E-state index in [0.717, 1.165) is 0 Å². The summed E-state index contributed by atoms with van der Waals surface area (Å²) in [6.45, 7) is 0. The van der Waals surface area contributed by atoms with Crippen LogP contribution in [0.1, 0.15) is 19.3 Å². The van der Waals surface area contributed by atoms with Crippen LogP contribution in [0.3, 0.4) is 0 Å². The van der Waals surface area contributed by atoms with E-state index in [9.17, 15) is 18.7 Å². The molecule has 4 heteroatoms. The van der Waals surface area contributed by atoms with Gasteiger partial charge in [0.15, 0.2) is 0 Å². The van der Waals surface area contributed by atoms with Crippen LogP contribution in [0.15, 0.2) is 0 Å². The van der Waals surface area contributed by atoms with E-state index in [2.05, 4.69) is 0 Å². The normalized spacial score (nSPS) is 30.4. The summed E-state index contributed by atoms with van der Waals surface area (Å²) in [4.78, 5) is 10.0. The lowest BCUT2D eigenvalue weighted by molar-refractivity contribution is -0.311. The van der Waals surface area contributed by atoms with Gasteiger partial charge in [-0.2, -0.15) is 0 Å². The van der Waals surface area contributed by atoms with E-state index in [1.165, 1.54) is 0 Å². The molecule has 0 aromatic carbocycles. The molecular formula is C6H7F2O2-. The Bertz CT molecular complexity index is 156. The molecule has 0 aromatic rings. The SMILES string of the molecule is O=C([O-])C1CCC(F)(F)C1. The highest BCUT2D eigenvalue weighted by Gasteiger charge is 2.39. The smallest absolute Gasteiger partial charge is 0.248 e. The number of halogens is 2. The average molecular weight is 149 g/mol. The number of alkyl halides is 2. The molecule has 1 atom stereocenters. The van der Waals surface area contributed by atoms with Gasteiger partial charge in [-0.15, -0.1) is 0 Å². The second-order valence-corrected chi connectivity index (χ2v) is 2.61. The molecule has 10 heavy (non-hydrogen) atoms. The number of carboxylic acid groups (broad SMARTS) is 1. The largest absolute Gasteiger partial charge is 0.550 e. The Labute approximate surface area is 56.8 Å². The number of carbonyl (C=O) groups excluding carboxylic acids is 1. The maximum Gasteiger partial charge on any atom is 0.248 e. The van der Waals surface area contributed by atoms with Crippen LogP contribution >= 0.6 is 0 Å². The number of carbonyl (C=O) groups is 1. The summed E-state index contributed by atoms with van der Waals surface area (Å²) in [5.74, 6) is -5.06. The predicted molar refractivity (Wildman–Crippen MR) is 27.3 cm³/mol. The van der Waals surface area contributed by atoms with E-state index in [4.69, 9.17) is 0 Å². The first-order valence-corrected chi connectivity index (χ1v) is 3.10. The second kappa shape index (κ2) is 2.18. The fraction of sp³-hybridized carbons (Fsp3) is 0.833. The maximum atomic E-state index is 12.3. The third-order valence-electron chi connectivity index (χ3n) is 1.74. The van der Waals surface area contributed by atoms with Crippen molar-refractivity contribution in [3.63, 3.8) is 0 Å². The molecule has 0 aromatic heterocycles. The highest BCUT2D eigenvalue weighted by molar-refractivity contribution is 5.68. The summed E-state index contributed by atoms with van der Waals surface area (Å²) in [6.07, 6.45) is -0.809. The predicted octanol–water partition coefficient (Wildman–Crippen LogP) is 0.172. The van der Waals surface area contributed by atoms with Crippen molar-refractivity contribution in [2.45, 2.75) is 25.2 Å². The number of rotatable bonds is 1. The van der Waals surface area contributed by atoms with Crippen molar-refractivity contribution in [2.24, 2.45) is 5.92 Å². The van der Waals surface area contributed by atoms with E-state index < -0.39 is 24.2 Å². The van der Waals surface area contributed by atoms with Crippen LogP contribution in [0.25, 0.3) is 0 Å². The summed E-state index contributed by atoms with van der Waals surface area (Å²) in [6, 6.07) is 0. The third-order valence-corrected chi connectivity index (χ3v) is 1.74. The fourth-order valence-corrected chi connectivity index (χ4v) is 1.15. The van der Waals surface area contributed by atoms with Gasteiger partial charge < -0.3 is 9.90 Å². The molecule has 0 bridgehead atoms. The van der Waals surface area contributed by atoms with Crippen LogP contribution in [0, 0.1) is 5.92 Å². The summed E-state index contributed by atoms with van der Waals surface area (Å²) < 4.78 is 24.5. The lowest BCUT2D eigenvalue weighted by Crippen LogP contribution is -2.30. The Morgan fingerprint density at radius 3 is 2.40 bits per heavy atom. The average Bonchev–Trinajstić information content (AvgIpc) is 2.10. The monoisotopic (exact) mass is 149 g/mol. The van der Waals surface area contributed by atoms with Gasteiger partial charge in [-0.1, -0.05) is 0 Å². The first kappa shape index (κ1) is 7.44. The molecule has 1 aliphatic rings. The molecule has 1 aliphatic carbocycles. The summed E-state index contributed by atoms with van der Waals surface area (Å²) in [5, 5.41) is 10.0. The third kappa shape index (κ3) is 1.43. The molecule has 1 saturated carbocycles. The second-order valence-electron chi connectivity index (χ2n) is 2.61. The molecular weight excluding hydrogens is 142 g/mol. The van der Waals surface area contributed by atoms with Crippen LogP contribution in [-0.4, -0.2) is 11.9 Å². The van der Waals surface area contributed by atoms with E-state index in [1.54, 1.807) is 0 Å². The van der Waals surface area contributed by atoms with E-state index in [1.807, 2.05) is 0 Å². The molecule has 0 heterocycles. The van der Waals surface area contributed by atoms with Crippen molar-refractivity contribution in [2.75, 3.05) is 0 Å². The van der Waals surface area contributed by atoms with E-state index >= 15 is 0 Å². The van der Waals surface area contributed by atoms with Crippen LogP contribution < -0.4 is 5.11 Å². The molecule has 1 unspecified atom stereocenters. The van der Waals surface area contributed by atoms with Gasteiger partial charge in [0, 0.05) is 24.7 Å². The van der Waals surface area contributed by atoms with Gasteiger partial charge in [0.25, 0.3) is 0 Å². The van der Waals surface area contributed by atoms with Crippen LogP contribution in [-0.2, 0) is 4.79 Å². The minimum Gasteiger partial charge on any atom is -0.550 e. The highest BCUT2D eigenvalue weighted by Crippen LogP contribution is 2.38. The molecule has 2 nitrogen and oxygen atoms in total. The Balaban J connectivity index is 2.51. The first-order valence-electron chi connectivity index (χ1n) is 3.10. The van der Waals surface area contributed by atoms with Crippen molar-refractivity contribution in [3.8, 4) is 0 Å². The van der Waals surface area contributed by atoms with Crippen LogP contribution in [0.5, 0.6) is 0 Å². The van der Waals surface area contributed by atoms with Crippen molar-refractivity contribution >= 4 is 5.97 Å². The topological polar surface area (TPSA) is 40.1 Å². The summed E-state index contributed by atoms with van der Waals surface area (Å²) in [7, 11) is 0. The molecule has 1 fully saturated rings. The Hall–Kier alpha value is -0.670. The molecule has 58 valence electrons. The van der Waals surface area contributed by atoms with E-state index in [-0.39, 0.29) is 12.8 Å². The zero-order valence-corrected chi connectivity index (χ0v) is 5.27. The van der Waals surface area contributed by atoms with Gasteiger partial charge in [0.1, 0.15) is 0 Å². The van der Waals surface area contributed by atoms with Gasteiger partial charge in [-0.3, -0.25) is 0 Å². The Kier molecular flexibility index (Phi) is 1.62. The van der Waals surface area contributed by atoms with Crippen LogP contribution in [0.4, 0.5) is 8.78 Å². The number of carboxylic acids is 1. The highest BCUT2D eigenvalue weighted by atomic mass is 19.3. The van der Waals surface area contributed by atoms with Gasteiger partial charge in [0.05, 0.1) is 0 Å². The standard InChI is InChI=1S/C6H8F2O2/c7-6(8)2-1-4(3-6)5(9)10/h4H,1-3H2,(H,9,10)/p-1. The summed E-state index contributed by atoms with van der Waals surface area (Å²) >= 11 is 0. The van der Waals surface area contributed by atoms with Gasteiger partial charge in [-0.25, -0.2) is 8.78 Å². The molecule has 1 rings (SSSR count). The maximum absolute atomic E-state index is 12.3. The number of hydrogen-bond donors (Lipinski definition) is 0. The lowest BCUT2D eigenvalue weighted by Gasteiger charge is -2.10. The van der Waals surface area contributed by atoms with Crippen molar-refractivity contribution in [1.29, 1.82) is 0 Å². The molecule has 0 saturated heterocycles. The molecule has 0 radical (unpaired) electrons. The van der Waals surface area contributed by atoms with Crippen LogP contribution in [0.2, 0.25) is 0 Å². The minimum atomic E-state index is -2.77. The Morgan fingerprint density at radius 2 is 2.20 bits per heavy atom. The van der Waals surface area contributed by atoms with Crippen molar-refractivity contribution in [1.82, 2.24) is 0 Å². The summed E-state index contributed by atoms with van der Waals surface area (Å²) in [5.41, 5.74) is 0. The van der Waals surface area contributed by atoms with Gasteiger partial charge in [0.2, 0.25) is 5.92 Å². The van der Waals surface area contributed by atoms with Gasteiger partial charge in [-0.05, 0) is 6.42 Å². The fourth-order valence-electron chi connectivity index (χ4n) is 1.15. The quantitative estimate of drug-likeness (QED) is 0.533. The zero-order chi connectivity index (χ0) is 7.78. The zero-order valence-electron chi connectivity index (χ0n) is 5.27. The Morgan fingerprint density at radius 1 is 1.60 bits per heavy atom. The molecule has 0 amide bonds. The van der Waals surface area contributed by atoms with Crippen molar-refractivity contribution < 1.29 is 18.7 Å². The molecule has 0 aliphatic heterocycles. The first-order chi connectivity index (χ1) is 4.51. The molecule has 0 N–H and O–H groups in total. The number of hydrogen-bond acceptors (Lipinski definition) is 2.